The van der Waals surface area contributed by atoms with Crippen LogP contribution in [0.1, 0.15) is 70.6 Å². The first-order valence-electron chi connectivity index (χ1n) is 12.5. The van der Waals surface area contributed by atoms with E-state index < -0.39 is 5.97 Å². The maximum absolute atomic E-state index is 13.4. The number of carbonyl (C=O) groups is 2. The summed E-state index contributed by atoms with van der Waals surface area (Å²) in [6.07, 6.45) is 8.89. The highest BCUT2D eigenvalue weighted by Crippen LogP contribution is 2.18. The Hall–Kier alpha value is -2.90. The lowest BCUT2D eigenvalue weighted by Crippen LogP contribution is -2.49. The van der Waals surface area contributed by atoms with E-state index in [9.17, 15) is 14.0 Å². The molecule has 1 fully saturated rings. The van der Waals surface area contributed by atoms with Crippen molar-refractivity contribution in [2.75, 3.05) is 32.8 Å². The average molecular weight is 477 g/mol. The summed E-state index contributed by atoms with van der Waals surface area (Å²) in [7, 11) is 0. The second-order valence-corrected chi connectivity index (χ2v) is 7.33. The standard InChI is InChI=1S/C22H29FN4O3.2C2H6/c1-3-6-19-15-20(22(29)30-4-2)24-27(19)16-21(28)26-13-11-25(12-14-26)18-8-5-7-17(23)9-10-18;2*1-2/h5,7,9-10,15H,3-4,6,8,11-14,16H2,1-2H3;2*1-2H3. The van der Waals surface area contributed by atoms with Crippen LogP contribution in [0.5, 0.6) is 0 Å². The molecule has 1 aliphatic heterocycles. The molecule has 0 saturated carbocycles. The molecule has 2 aliphatic rings. The van der Waals surface area contributed by atoms with E-state index >= 15 is 0 Å². The van der Waals surface area contributed by atoms with Gasteiger partial charge in [-0.05, 0) is 37.6 Å². The van der Waals surface area contributed by atoms with Crippen LogP contribution < -0.4 is 0 Å². The number of ether oxygens (including phenoxy) is 1. The summed E-state index contributed by atoms with van der Waals surface area (Å²) in [6.45, 7) is 14.8. The van der Waals surface area contributed by atoms with Crippen molar-refractivity contribution in [1.29, 1.82) is 0 Å². The lowest BCUT2D eigenvalue weighted by Gasteiger charge is -2.37. The van der Waals surface area contributed by atoms with Crippen molar-refractivity contribution in [2.24, 2.45) is 0 Å². The minimum absolute atomic E-state index is 0.0220. The predicted octanol–water partition coefficient (Wildman–Crippen LogP) is 4.91. The van der Waals surface area contributed by atoms with Crippen LogP contribution >= 0.6 is 0 Å². The molecule has 0 atom stereocenters. The Morgan fingerprint density at radius 2 is 1.74 bits per heavy atom. The number of aryl methyl sites for hydroxylation is 1. The Morgan fingerprint density at radius 3 is 2.35 bits per heavy atom. The van der Waals surface area contributed by atoms with Crippen molar-refractivity contribution < 1.29 is 18.7 Å². The molecule has 0 radical (unpaired) electrons. The van der Waals surface area contributed by atoms with Crippen molar-refractivity contribution in [3.8, 4) is 0 Å². The van der Waals surface area contributed by atoms with Crippen LogP contribution in [0.15, 0.2) is 41.9 Å². The first-order valence-corrected chi connectivity index (χ1v) is 12.5. The van der Waals surface area contributed by atoms with E-state index in [0.29, 0.717) is 32.6 Å². The zero-order chi connectivity index (χ0) is 25.5. The van der Waals surface area contributed by atoms with Crippen molar-refractivity contribution in [3.63, 3.8) is 0 Å². The van der Waals surface area contributed by atoms with E-state index in [0.717, 1.165) is 24.2 Å². The van der Waals surface area contributed by atoms with E-state index in [1.54, 1.807) is 17.7 Å². The molecule has 0 spiro atoms. The summed E-state index contributed by atoms with van der Waals surface area (Å²) < 4.78 is 20.0. The van der Waals surface area contributed by atoms with Crippen molar-refractivity contribution in [2.45, 2.75) is 67.3 Å². The lowest BCUT2D eigenvalue weighted by molar-refractivity contribution is -0.133. The number of hydrogen-bond donors (Lipinski definition) is 0. The maximum atomic E-state index is 13.4. The molecule has 0 bridgehead atoms. The molecule has 1 aromatic heterocycles. The second kappa shape index (κ2) is 15.9. The fourth-order valence-electron chi connectivity index (χ4n) is 3.65. The normalized spacial score (nSPS) is 15.1. The molecule has 190 valence electrons. The molecule has 8 heteroatoms. The van der Waals surface area contributed by atoms with E-state index in [4.69, 9.17) is 4.74 Å². The maximum Gasteiger partial charge on any atom is 0.358 e. The van der Waals surface area contributed by atoms with E-state index in [1.807, 2.05) is 51.7 Å². The third kappa shape index (κ3) is 8.47. The number of rotatable bonds is 7. The highest BCUT2D eigenvalue weighted by atomic mass is 19.1. The SMILES string of the molecule is CC.CC.CCCc1cc(C(=O)OCC)nn1CC(=O)N1CCN(C2=CC=C(F)C=CC2)CC1. The summed E-state index contributed by atoms with van der Waals surface area (Å²) >= 11 is 0. The van der Waals surface area contributed by atoms with Gasteiger partial charge in [0.05, 0.1) is 6.61 Å². The van der Waals surface area contributed by atoms with Gasteiger partial charge in [0, 0.05) is 44.0 Å². The molecule has 3 rings (SSSR count). The van der Waals surface area contributed by atoms with Crippen LogP contribution in [-0.2, 0) is 22.5 Å². The zero-order valence-corrected chi connectivity index (χ0v) is 21.6. The summed E-state index contributed by atoms with van der Waals surface area (Å²) in [5, 5.41) is 4.31. The van der Waals surface area contributed by atoms with Gasteiger partial charge in [-0.15, -0.1) is 0 Å². The second-order valence-electron chi connectivity index (χ2n) is 7.33. The molecule has 1 aromatic rings. The number of nitrogens with zero attached hydrogens (tertiary/aromatic N) is 4. The Morgan fingerprint density at radius 1 is 1.06 bits per heavy atom. The van der Waals surface area contributed by atoms with Gasteiger partial charge in [-0.25, -0.2) is 9.18 Å². The van der Waals surface area contributed by atoms with Crippen LogP contribution in [0.4, 0.5) is 4.39 Å². The minimum atomic E-state index is -0.467. The number of halogens is 1. The van der Waals surface area contributed by atoms with E-state index in [1.165, 1.54) is 12.2 Å². The van der Waals surface area contributed by atoms with Gasteiger partial charge in [-0.2, -0.15) is 5.10 Å². The van der Waals surface area contributed by atoms with Gasteiger partial charge in [0.15, 0.2) is 5.69 Å². The summed E-state index contributed by atoms with van der Waals surface area (Å²) in [5.41, 5.74) is 2.16. The summed E-state index contributed by atoms with van der Waals surface area (Å²) in [5.74, 6) is -0.736. The Kier molecular flexibility index (Phi) is 13.6. The van der Waals surface area contributed by atoms with Gasteiger partial charge < -0.3 is 14.5 Å². The average Bonchev–Trinajstić information content (AvgIpc) is 3.13. The number of amides is 1. The fourth-order valence-corrected chi connectivity index (χ4v) is 3.65. The number of piperazine rings is 1. The summed E-state index contributed by atoms with van der Waals surface area (Å²) in [6, 6.07) is 1.71. The Balaban J connectivity index is 0.00000137. The van der Waals surface area contributed by atoms with Gasteiger partial charge in [-0.1, -0.05) is 47.1 Å². The molecule has 1 amide bonds. The van der Waals surface area contributed by atoms with E-state index in [-0.39, 0.29) is 30.6 Å². The highest BCUT2D eigenvalue weighted by molar-refractivity contribution is 5.87. The largest absolute Gasteiger partial charge is 0.461 e. The number of carbonyl (C=O) groups excluding carboxylic acids is 2. The molecular formula is C26H41FN4O3. The molecular weight excluding hydrogens is 435 g/mol. The number of esters is 1. The predicted molar refractivity (Wildman–Crippen MR) is 134 cm³/mol. The quantitative estimate of drug-likeness (QED) is 0.523. The molecule has 2 heterocycles. The molecule has 1 aliphatic carbocycles. The highest BCUT2D eigenvalue weighted by Gasteiger charge is 2.24. The summed E-state index contributed by atoms with van der Waals surface area (Å²) in [4.78, 5) is 28.9. The first-order chi connectivity index (χ1) is 16.5. The van der Waals surface area contributed by atoms with Crippen LogP contribution in [0.3, 0.4) is 0 Å². The van der Waals surface area contributed by atoms with Crippen LogP contribution in [0, 0.1) is 0 Å². The molecule has 0 unspecified atom stereocenters. The molecule has 34 heavy (non-hydrogen) atoms. The number of aromatic nitrogens is 2. The van der Waals surface area contributed by atoms with Crippen molar-refractivity contribution in [3.05, 3.63) is 53.3 Å². The molecule has 0 aromatic carbocycles. The lowest BCUT2D eigenvalue weighted by atomic mass is 10.2. The smallest absolute Gasteiger partial charge is 0.358 e. The Bertz CT molecular complexity index is 865. The first kappa shape index (κ1) is 29.1. The van der Waals surface area contributed by atoms with Crippen LogP contribution in [0.25, 0.3) is 0 Å². The third-order valence-corrected chi connectivity index (χ3v) is 5.22. The minimum Gasteiger partial charge on any atom is -0.461 e. The monoisotopic (exact) mass is 476 g/mol. The van der Waals surface area contributed by atoms with Crippen LogP contribution in [0.2, 0.25) is 0 Å². The molecule has 1 saturated heterocycles. The van der Waals surface area contributed by atoms with Gasteiger partial charge in [0.2, 0.25) is 5.91 Å². The number of allylic oxidation sites excluding steroid dienone is 5. The fraction of sp³-hybridized carbons (Fsp3) is 0.577. The van der Waals surface area contributed by atoms with Crippen LogP contribution in [-0.4, -0.2) is 64.2 Å². The van der Waals surface area contributed by atoms with Gasteiger partial charge in [0.1, 0.15) is 12.4 Å². The Labute approximate surface area is 203 Å². The number of hydrogen-bond acceptors (Lipinski definition) is 5. The van der Waals surface area contributed by atoms with Gasteiger partial charge in [0.25, 0.3) is 0 Å². The third-order valence-electron chi connectivity index (χ3n) is 5.22. The van der Waals surface area contributed by atoms with Crippen molar-refractivity contribution in [1.82, 2.24) is 19.6 Å². The zero-order valence-electron chi connectivity index (χ0n) is 21.6. The van der Waals surface area contributed by atoms with Gasteiger partial charge in [-0.3, -0.25) is 9.48 Å². The topological polar surface area (TPSA) is 67.7 Å². The molecule has 0 N–H and O–H groups in total. The van der Waals surface area contributed by atoms with Gasteiger partial charge >= 0.3 is 5.97 Å². The molecule has 7 nitrogen and oxygen atoms in total. The van der Waals surface area contributed by atoms with E-state index in [2.05, 4.69) is 10.00 Å². The van der Waals surface area contributed by atoms with Crippen molar-refractivity contribution >= 4 is 11.9 Å².